The summed E-state index contributed by atoms with van der Waals surface area (Å²) in [6.45, 7) is 6.37. The van der Waals surface area contributed by atoms with Crippen molar-refractivity contribution in [2.45, 2.75) is 71.0 Å². The Morgan fingerprint density at radius 3 is 2.57 bits per heavy atom. The highest BCUT2D eigenvalue weighted by atomic mass is 16.7. The van der Waals surface area contributed by atoms with Crippen LogP contribution in [0.2, 0.25) is 5.82 Å². The smallest absolute Gasteiger partial charge is 0.531 e. The van der Waals surface area contributed by atoms with Crippen molar-refractivity contribution in [1.29, 1.82) is 0 Å². The molecule has 2 aliphatic heterocycles. The number of fused-ring (bicyclic) bond motifs is 1. The SMILES string of the molecule is CC(C)C[C@H](CC(=O)[C@H](Cc1ccccc1)NC(=O)c1cnccn1)[B-]12OC(=O)C[N+]1(C)[C@H](C)[C@@H](C)O2. The van der Waals surface area contributed by atoms with E-state index in [0.29, 0.717) is 17.2 Å². The van der Waals surface area contributed by atoms with Gasteiger partial charge in [0.15, 0.2) is 5.78 Å². The number of amides is 1. The molecule has 2 saturated heterocycles. The van der Waals surface area contributed by atoms with Gasteiger partial charge in [-0.3, -0.25) is 19.4 Å². The van der Waals surface area contributed by atoms with Gasteiger partial charge in [-0.25, -0.2) is 4.98 Å². The maximum Gasteiger partial charge on any atom is 0.531 e. The zero-order chi connectivity index (χ0) is 26.8. The highest BCUT2D eigenvalue weighted by molar-refractivity contribution is 6.65. The molecule has 2 aromatic rings. The van der Waals surface area contributed by atoms with E-state index in [1.54, 1.807) is 0 Å². The summed E-state index contributed by atoms with van der Waals surface area (Å²) >= 11 is 0. The van der Waals surface area contributed by atoms with E-state index in [4.69, 9.17) is 9.31 Å². The first-order valence-electron chi connectivity index (χ1n) is 13.1. The van der Waals surface area contributed by atoms with E-state index in [2.05, 4.69) is 36.1 Å². The number of carbonyl (C=O) groups excluding carboxylic acids is 3. The molecule has 1 aromatic carbocycles. The molecule has 2 fully saturated rings. The summed E-state index contributed by atoms with van der Waals surface area (Å²) in [5, 5.41) is 2.89. The molecular formula is C27H37BN4O5. The summed E-state index contributed by atoms with van der Waals surface area (Å²) in [6, 6.07) is 8.84. The Bertz CT molecular complexity index is 1130. The number of nitrogens with zero attached hydrogens (tertiary/aromatic N) is 3. The largest absolute Gasteiger partial charge is 0.611 e. The molecule has 0 saturated carbocycles. The van der Waals surface area contributed by atoms with Gasteiger partial charge in [0.25, 0.3) is 5.91 Å². The number of ketones is 1. The minimum absolute atomic E-state index is 0.0488. The Labute approximate surface area is 218 Å². The monoisotopic (exact) mass is 508 g/mol. The second-order valence-electron chi connectivity index (χ2n) is 11.2. The minimum Gasteiger partial charge on any atom is -0.611 e. The number of carbonyl (C=O) groups is 3. The summed E-state index contributed by atoms with van der Waals surface area (Å²) in [7, 11) is 2.01. The number of hydrogen-bond acceptors (Lipinski definition) is 7. The van der Waals surface area contributed by atoms with Crippen molar-refractivity contribution in [3.8, 4) is 0 Å². The molecule has 1 N–H and O–H groups in total. The topological polar surface area (TPSA) is 107 Å². The van der Waals surface area contributed by atoms with Crippen LogP contribution in [0.5, 0.6) is 0 Å². The van der Waals surface area contributed by atoms with Gasteiger partial charge in [0.1, 0.15) is 12.2 Å². The molecule has 6 atom stereocenters. The molecule has 0 spiro atoms. The van der Waals surface area contributed by atoms with Crippen LogP contribution < -0.4 is 5.32 Å². The van der Waals surface area contributed by atoms with Gasteiger partial charge < -0.3 is 19.0 Å². The van der Waals surface area contributed by atoms with E-state index in [-0.39, 0.29) is 54.3 Å². The van der Waals surface area contributed by atoms with Gasteiger partial charge in [0.05, 0.1) is 24.4 Å². The van der Waals surface area contributed by atoms with Gasteiger partial charge in [0.2, 0.25) is 0 Å². The number of nitrogens with one attached hydrogen (secondary N) is 1. The summed E-state index contributed by atoms with van der Waals surface area (Å²) in [5.74, 6) is -0.951. The lowest BCUT2D eigenvalue weighted by molar-refractivity contribution is -0.824. The fourth-order valence-electron chi connectivity index (χ4n) is 6.13. The first-order chi connectivity index (χ1) is 17.6. The molecule has 9 nitrogen and oxygen atoms in total. The molecule has 2 unspecified atom stereocenters. The second-order valence-corrected chi connectivity index (χ2v) is 11.2. The van der Waals surface area contributed by atoms with Crippen molar-refractivity contribution in [2.24, 2.45) is 5.92 Å². The van der Waals surface area contributed by atoms with Crippen LogP contribution in [-0.4, -0.2) is 70.5 Å². The second kappa shape index (κ2) is 10.7. The average Bonchev–Trinajstić information content (AvgIpc) is 3.23. The van der Waals surface area contributed by atoms with Gasteiger partial charge in [-0.15, -0.1) is 0 Å². The zero-order valence-corrected chi connectivity index (χ0v) is 22.3. The first kappa shape index (κ1) is 26.9. The van der Waals surface area contributed by atoms with Crippen LogP contribution in [0.4, 0.5) is 0 Å². The Kier molecular flexibility index (Phi) is 7.80. The van der Waals surface area contributed by atoms with Crippen molar-refractivity contribution in [1.82, 2.24) is 15.3 Å². The van der Waals surface area contributed by atoms with E-state index in [1.807, 2.05) is 44.3 Å². The van der Waals surface area contributed by atoms with E-state index < -0.39 is 18.6 Å². The fraction of sp³-hybridized carbons (Fsp3) is 0.519. The lowest BCUT2D eigenvalue weighted by atomic mass is 9.51. The van der Waals surface area contributed by atoms with E-state index >= 15 is 0 Å². The third kappa shape index (κ3) is 5.31. The summed E-state index contributed by atoms with van der Waals surface area (Å²) in [5.41, 5.74) is 1.07. The van der Waals surface area contributed by atoms with Crippen molar-refractivity contribution >= 4 is 24.3 Å². The summed E-state index contributed by atoms with van der Waals surface area (Å²) in [6.07, 6.45) is 5.30. The molecule has 0 bridgehead atoms. The van der Waals surface area contributed by atoms with Gasteiger partial charge in [-0.2, -0.15) is 0 Å². The molecule has 198 valence electrons. The van der Waals surface area contributed by atoms with Gasteiger partial charge in [-0.1, -0.05) is 50.6 Å². The van der Waals surface area contributed by atoms with E-state index in [0.717, 1.165) is 5.56 Å². The normalized spacial score (nSPS) is 28.4. The molecular weight excluding hydrogens is 471 g/mol. The molecule has 4 rings (SSSR count). The summed E-state index contributed by atoms with van der Waals surface area (Å²) in [4.78, 5) is 47.6. The number of aromatic nitrogens is 2. The molecule has 10 heteroatoms. The zero-order valence-electron chi connectivity index (χ0n) is 22.3. The van der Waals surface area contributed by atoms with Gasteiger partial charge >= 0.3 is 12.7 Å². The van der Waals surface area contributed by atoms with Crippen LogP contribution in [0.15, 0.2) is 48.9 Å². The average molecular weight is 508 g/mol. The van der Waals surface area contributed by atoms with Crippen LogP contribution >= 0.6 is 0 Å². The number of quaternary nitrogens is 1. The molecule has 37 heavy (non-hydrogen) atoms. The number of hydrogen-bond donors (Lipinski definition) is 1. The minimum atomic E-state index is -2.11. The van der Waals surface area contributed by atoms with E-state index in [9.17, 15) is 14.4 Å². The molecule has 1 amide bonds. The lowest BCUT2D eigenvalue weighted by Crippen LogP contribution is -2.65. The van der Waals surface area contributed by atoms with E-state index in [1.165, 1.54) is 18.6 Å². The summed E-state index contributed by atoms with van der Waals surface area (Å²) < 4.78 is 12.9. The molecule has 1 aromatic heterocycles. The molecule has 2 aliphatic rings. The Morgan fingerprint density at radius 1 is 1.19 bits per heavy atom. The highest BCUT2D eigenvalue weighted by Crippen LogP contribution is 2.50. The van der Waals surface area contributed by atoms with Crippen LogP contribution in [0, 0.1) is 5.92 Å². The predicted octanol–water partition coefficient (Wildman–Crippen LogP) is 2.94. The Morgan fingerprint density at radius 2 is 1.92 bits per heavy atom. The van der Waals surface area contributed by atoms with Crippen LogP contribution in [0.1, 0.15) is 56.6 Å². The van der Waals surface area contributed by atoms with Crippen LogP contribution in [-0.2, 0) is 25.3 Å². The molecule has 0 aliphatic carbocycles. The molecule has 0 radical (unpaired) electrons. The fourth-order valence-corrected chi connectivity index (χ4v) is 6.13. The maximum atomic E-state index is 14.0. The van der Waals surface area contributed by atoms with Crippen LogP contribution in [0.3, 0.4) is 0 Å². The number of benzene rings is 1. The third-order valence-corrected chi connectivity index (χ3v) is 8.22. The van der Waals surface area contributed by atoms with Crippen molar-refractivity contribution in [2.75, 3.05) is 13.6 Å². The number of likely N-dealkylation sites (N-methyl/N-ethyl adjacent to an activating group) is 1. The van der Waals surface area contributed by atoms with Crippen LogP contribution in [0.25, 0.3) is 0 Å². The number of rotatable bonds is 10. The standard InChI is InChI=1S/C27H37BN4O5/c1-18(2)13-22(28-32(5,17-26(34)37-28)19(3)20(4)36-28)15-25(33)23(14-21-9-7-6-8-10-21)31-27(35)24-16-29-11-12-30-24/h6-12,16,18-20,22-23H,13-15,17H2,1-5H3,(H,31,35)/t19-,20-,22-,23+,28?,32?/m1/s1. The van der Waals surface area contributed by atoms with Gasteiger partial charge in [0, 0.05) is 19.4 Å². The lowest BCUT2D eigenvalue weighted by Gasteiger charge is -2.48. The Balaban J connectivity index is 1.64. The molecule has 3 heterocycles. The van der Waals surface area contributed by atoms with Crippen molar-refractivity contribution in [3.05, 3.63) is 60.2 Å². The first-order valence-corrected chi connectivity index (χ1v) is 13.1. The van der Waals surface area contributed by atoms with Crippen molar-refractivity contribution in [3.63, 3.8) is 0 Å². The highest BCUT2D eigenvalue weighted by Gasteiger charge is 2.69. The third-order valence-electron chi connectivity index (χ3n) is 8.22. The number of Topliss-reactive ketones (excluding diaryl/α,β-unsaturated/α-hetero) is 1. The maximum absolute atomic E-state index is 14.0. The predicted molar refractivity (Wildman–Crippen MR) is 139 cm³/mol. The van der Waals surface area contributed by atoms with Crippen molar-refractivity contribution < 1.29 is 28.1 Å². The van der Waals surface area contributed by atoms with Gasteiger partial charge in [-0.05, 0) is 44.0 Å². The quantitative estimate of drug-likeness (QED) is 0.492. The Hall–Kier alpha value is -3.11.